The third-order valence-electron chi connectivity index (χ3n) is 7.20. The predicted molar refractivity (Wildman–Crippen MR) is 183 cm³/mol. The van der Waals surface area contributed by atoms with Gasteiger partial charge in [0.15, 0.2) is 0 Å². The van der Waals surface area contributed by atoms with E-state index < -0.39 is 19.6 Å². The van der Waals surface area contributed by atoms with Gasteiger partial charge in [0.05, 0.1) is 12.5 Å². The van der Waals surface area contributed by atoms with Crippen molar-refractivity contribution in [2.45, 2.75) is 25.5 Å². The topological polar surface area (TPSA) is 103 Å². The van der Waals surface area contributed by atoms with Gasteiger partial charge in [-0.3, -0.25) is 14.9 Å². The Labute approximate surface area is 275 Å². The Bertz CT molecular complexity index is 1690. The third kappa shape index (κ3) is 10.7. The van der Waals surface area contributed by atoms with Crippen LogP contribution in [0.15, 0.2) is 146 Å². The van der Waals surface area contributed by atoms with E-state index in [9.17, 15) is 14.2 Å². The largest absolute Gasteiger partial charge is 0.461 e. The van der Waals surface area contributed by atoms with Gasteiger partial charge in [0.25, 0.3) is 0 Å². The molecule has 1 amide bonds. The number of hydrogen-bond donors (Lipinski definition) is 2. The Morgan fingerprint density at radius 1 is 0.617 bits per heavy atom. The summed E-state index contributed by atoms with van der Waals surface area (Å²) in [6.07, 6.45) is 0.0376. The number of hydrogen-bond acceptors (Lipinski definition) is 7. The van der Waals surface area contributed by atoms with Crippen LogP contribution in [0, 0.1) is 0 Å². The number of ether oxygens (including phenoxy) is 1. The van der Waals surface area contributed by atoms with Crippen molar-refractivity contribution < 1.29 is 27.9 Å². The molecule has 0 aliphatic rings. The first kappa shape index (κ1) is 33.2. The highest BCUT2D eigenvalue weighted by Crippen LogP contribution is 2.47. The maximum absolute atomic E-state index is 14.1. The molecule has 8 nitrogen and oxygen atoms in total. The zero-order valence-electron chi connectivity index (χ0n) is 25.9. The van der Waals surface area contributed by atoms with E-state index in [1.54, 1.807) is 48.5 Å². The Kier molecular flexibility index (Phi) is 12.0. The molecular formula is C38H37N2O6P. The van der Waals surface area contributed by atoms with E-state index in [2.05, 4.69) is 10.6 Å². The smallest absolute Gasteiger partial charge is 0.444 e. The molecular weight excluding hydrogens is 611 g/mol. The molecule has 0 saturated heterocycles. The molecule has 5 aromatic rings. The highest BCUT2D eigenvalue weighted by molar-refractivity contribution is 7.54. The quantitative estimate of drug-likeness (QED) is 0.0849. The first-order valence-electron chi connectivity index (χ1n) is 15.4. The second-order valence-corrected chi connectivity index (χ2v) is 12.7. The number of para-hydroxylation sites is 2. The molecule has 0 radical (unpaired) electrons. The molecule has 240 valence electrons. The maximum Gasteiger partial charge on any atom is 0.444 e. The number of rotatable bonds is 16. The molecule has 1 atom stereocenters. The van der Waals surface area contributed by atoms with Gasteiger partial charge in [0.1, 0.15) is 24.4 Å². The average Bonchev–Trinajstić information content (AvgIpc) is 3.11. The minimum atomic E-state index is -3.85. The van der Waals surface area contributed by atoms with Gasteiger partial charge in [-0.2, -0.15) is 0 Å². The van der Waals surface area contributed by atoms with Crippen molar-refractivity contribution in [3.8, 4) is 22.6 Å². The van der Waals surface area contributed by atoms with Crippen LogP contribution in [-0.2, 0) is 31.9 Å². The van der Waals surface area contributed by atoms with Crippen LogP contribution in [0.25, 0.3) is 11.1 Å². The summed E-state index contributed by atoms with van der Waals surface area (Å²) in [5, 5.41) is 5.97. The van der Waals surface area contributed by atoms with Gasteiger partial charge in [-0.05, 0) is 52.9 Å². The van der Waals surface area contributed by atoms with Crippen molar-refractivity contribution in [3.63, 3.8) is 0 Å². The molecule has 9 heteroatoms. The maximum atomic E-state index is 14.1. The van der Waals surface area contributed by atoms with Crippen LogP contribution in [0.5, 0.6) is 11.5 Å². The van der Waals surface area contributed by atoms with Crippen molar-refractivity contribution in [3.05, 3.63) is 157 Å². The van der Waals surface area contributed by atoms with E-state index >= 15 is 0 Å². The van der Waals surface area contributed by atoms with Crippen LogP contribution in [0.2, 0.25) is 0 Å². The number of carbonyl (C=O) groups excluding carboxylic acids is 2. The lowest BCUT2D eigenvalue weighted by atomic mass is 10.0. The Morgan fingerprint density at radius 3 is 1.70 bits per heavy atom. The van der Waals surface area contributed by atoms with Crippen LogP contribution in [0.4, 0.5) is 0 Å². The fraction of sp³-hybridized carbons (Fsp3) is 0.158. The summed E-state index contributed by atoms with van der Waals surface area (Å²) in [7, 11) is -3.85. The lowest BCUT2D eigenvalue weighted by molar-refractivity contribution is -0.144. The highest BCUT2D eigenvalue weighted by Gasteiger charge is 2.31. The zero-order chi connectivity index (χ0) is 32.7. The molecule has 5 rings (SSSR count). The van der Waals surface area contributed by atoms with Gasteiger partial charge in [-0.25, -0.2) is 4.57 Å². The molecule has 0 aromatic heterocycles. The molecule has 0 spiro atoms. The normalized spacial score (nSPS) is 11.7. The predicted octanol–water partition coefficient (Wildman–Crippen LogP) is 7.41. The van der Waals surface area contributed by atoms with Crippen LogP contribution < -0.4 is 19.7 Å². The van der Waals surface area contributed by atoms with Gasteiger partial charge in [-0.15, -0.1) is 0 Å². The minimum absolute atomic E-state index is 0.00377. The summed E-state index contributed by atoms with van der Waals surface area (Å²) in [6.45, 7) is 0.241. The van der Waals surface area contributed by atoms with Gasteiger partial charge in [-0.1, -0.05) is 121 Å². The van der Waals surface area contributed by atoms with E-state index in [0.717, 1.165) is 22.3 Å². The van der Waals surface area contributed by atoms with Crippen molar-refractivity contribution >= 4 is 19.5 Å². The summed E-state index contributed by atoms with van der Waals surface area (Å²) in [4.78, 5) is 25.9. The van der Waals surface area contributed by atoms with Crippen LogP contribution in [-0.4, -0.2) is 30.7 Å². The average molecular weight is 649 g/mol. The molecule has 0 heterocycles. The second kappa shape index (κ2) is 16.9. The summed E-state index contributed by atoms with van der Waals surface area (Å²) in [6, 6.07) is 44.0. The van der Waals surface area contributed by atoms with Gasteiger partial charge < -0.3 is 19.1 Å². The molecule has 47 heavy (non-hydrogen) atoms. The Morgan fingerprint density at radius 2 is 1.13 bits per heavy atom. The fourth-order valence-electron chi connectivity index (χ4n) is 4.77. The van der Waals surface area contributed by atoms with Gasteiger partial charge in [0.2, 0.25) is 5.91 Å². The van der Waals surface area contributed by atoms with Crippen LogP contribution >= 0.6 is 7.60 Å². The molecule has 0 fully saturated rings. The molecule has 0 bridgehead atoms. The first-order valence-corrected chi connectivity index (χ1v) is 17.1. The third-order valence-corrected chi connectivity index (χ3v) is 8.74. The molecule has 0 saturated carbocycles. The molecule has 5 aromatic carbocycles. The summed E-state index contributed by atoms with van der Waals surface area (Å²) in [5.41, 5.74) is 3.91. The van der Waals surface area contributed by atoms with Gasteiger partial charge >= 0.3 is 13.6 Å². The fourth-order valence-corrected chi connectivity index (χ4v) is 6.26. The monoisotopic (exact) mass is 648 g/mol. The van der Waals surface area contributed by atoms with E-state index in [1.807, 2.05) is 97.1 Å². The molecule has 2 N–H and O–H groups in total. The summed E-state index contributed by atoms with van der Waals surface area (Å²) >= 11 is 0. The lowest BCUT2D eigenvalue weighted by Crippen LogP contribution is -2.46. The summed E-state index contributed by atoms with van der Waals surface area (Å²) in [5.74, 6) is -0.0358. The molecule has 0 aliphatic heterocycles. The molecule has 0 aliphatic carbocycles. The number of nitrogens with one attached hydrogen (secondary N) is 2. The van der Waals surface area contributed by atoms with E-state index in [1.165, 1.54) is 0 Å². The SMILES string of the molecule is O=C(CCNC(=O)[C@H](Cc1ccc(-c2ccccc2)cc1)NCP(=O)(Oc1ccccc1)Oc1ccccc1)OCc1ccccc1. The number of carbonyl (C=O) groups is 2. The van der Waals surface area contributed by atoms with E-state index in [-0.39, 0.29) is 38.2 Å². The second-order valence-electron chi connectivity index (χ2n) is 10.8. The first-order chi connectivity index (χ1) is 23.0. The van der Waals surface area contributed by atoms with E-state index in [0.29, 0.717) is 11.5 Å². The van der Waals surface area contributed by atoms with Crippen molar-refractivity contribution in [1.29, 1.82) is 0 Å². The van der Waals surface area contributed by atoms with Crippen LogP contribution in [0.1, 0.15) is 17.5 Å². The Balaban J connectivity index is 1.27. The number of benzene rings is 5. The number of amides is 1. The Hall–Kier alpha value is -5.17. The summed E-state index contributed by atoms with van der Waals surface area (Å²) < 4.78 is 31.3. The number of esters is 1. The van der Waals surface area contributed by atoms with Crippen molar-refractivity contribution in [1.82, 2.24) is 10.6 Å². The molecule has 0 unspecified atom stereocenters. The van der Waals surface area contributed by atoms with Crippen molar-refractivity contribution in [2.75, 3.05) is 12.8 Å². The lowest BCUT2D eigenvalue weighted by Gasteiger charge is -2.24. The van der Waals surface area contributed by atoms with Gasteiger partial charge in [0, 0.05) is 6.54 Å². The van der Waals surface area contributed by atoms with Crippen molar-refractivity contribution in [2.24, 2.45) is 0 Å². The zero-order valence-corrected chi connectivity index (χ0v) is 26.8. The van der Waals surface area contributed by atoms with Crippen LogP contribution in [0.3, 0.4) is 0 Å². The highest BCUT2D eigenvalue weighted by atomic mass is 31.2. The minimum Gasteiger partial charge on any atom is -0.461 e. The standard InChI is InChI=1S/C38H37N2O6P/c41-37(44-28-31-13-5-1-6-14-31)25-26-39-38(42)36(27-30-21-23-33(24-22-30)32-15-7-2-8-16-32)40-29-47(43,45-34-17-9-3-10-18-34)46-35-19-11-4-12-20-35/h1-24,36,40H,25-29H2,(H,39,42)/t36-/m0/s1. The van der Waals surface area contributed by atoms with E-state index in [4.69, 9.17) is 13.8 Å².